The monoisotopic (exact) mass is 282 g/mol. The van der Waals surface area contributed by atoms with Crippen molar-refractivity contribution < 1.29 is 9.53 Å². The molecule has 2 aliphatic rings. The first kappa shape index (κ1) is 15.8. The van der Waals surface area contributed by atoms with Gasteiger partial charge in [0.25, 0.3) is 0 Å². The van der Waals surface area contributed by atoms with Gasteiger partial charge in [-0.25, -0.2) is 0 Å². The second-order valence-electron chi connectivity index (χ2n) is 7.30. The minimum Gasteiger partial charge on any atom is -0.460 e. The topological polar surface area (TPSA) is 41.6 Å². The summed E-state index contributed by atoms with van der Waals surface area (Å²) in [7, 11) is 0. The van der Waals surface area contributed by atoms with Gasteiger partial charge in [-0.15, -0.1) is 0 Å². The van der Waals surface area contributed by atoms with Crippen molar-refractivity contribution in [1.29, 1.82) is 0 Å². The van der Waals surface area contributed by atoms with Gasteiger partial charge in [-0.1, -0.05) is 0 Å². The van der Waals surface area contributed by atoms with Crippen LogP contribution in [0.2, 0.25) is 0 Å². The molecule has 2 rings (SSSR count). The fourth-order valence-electron chi connectivity index (χ4n) is 3.22. The van der Waals surface area contributed by atoms with Crippen LogP contribution in [0.4, 0.5) is 0 Å². The number of carbonyl (C=O) groups excluding carboxylic acids is 1. The van der Waals surface area contributed by atoms with Crippen LogP contribution in [-0.2, 0) is 9.53 Å². The van der Waals surface area contributed by atoms with Crippen molar-refractivity contribution in [2.75, 3.05) is 32.7 Å². The molecule has 4 heteroatoms. The van der Waals surface area contributed by atoms with Crippen LogP contribution in [0.15, 0.2) is 0 Å². The number of piperazine rings is 1. The smallest absolute Gasteiger partial charge is 0.309 e. The average molecular weight is 282 g/mol. The van der Waals surface area contributed by atoms with E-state index in [1.54, 1.807) is 0 Å². The molecule has 1 N–H and O–H groups in total. The lowest BCUT2D eigenvalue weighted by Crippen LogP contribution is -2.45. The van der Waals surface area contributed by atoms with Gasteiger partial charge in [-0.3, -0.25) is 4.79 Å². The minimum atomic E-state index is -0.352. The maximum absolute atomic E-state index is 12.1. The van der Waals surface area contributed by atoms with E-state index in [4.69, 9.17) is 4.74 Å². The first-order valence-electron chi connectivity index (χ1n) is 8.10. The molecule has 0 bridgehead atoms. The van der Waals surface area contributed by atoms with E-state index in [1.165, 1.54) is 32.5 Å². The van der Waals surface area contributed by atoms with Crippen molar-refractivity contribution >= 4 is 5.97 Å². The molecule has 1 saturated heterocycles. The first-order chi connectivity index (χ1) is 9.44. The Kier molecular flexibility index (Phi) is 5.44. The Labute approximate surface area is 123 Å². The van der Waals surface area contributed by atoms with E-state index in [0.717, 1.165) is 31.8 Å². The van der Waals surface area contributed by atoms with Crippen LogP contribution in [0.25, 0.3) is 0 Å². The fourth-order valence-corrected chi connectivity index (χ4v) is 3.22. The number of rotatable bonds is 3. The summed E-state index contributed by atoms with van der Waals surface area (Å²) in [6.45, 7) is 11.6. The molecule has 4 nitrogen and oxygen atoms in total. The second kappa shape index (κ2) is 6.90. The van der Waals surface area contributed by atoms with Crippen LogP contribution < -0.4 is 5.32 Å². The second-order valence-corrected chi connectivity index (χ2v) is 7.30. The third-order valence-electron chi connectivity index (χ3n) is 4.31. The maximum Gasteiger partial charge on any atom is 0.309 e. The summed E-state index contributed by atoms with van der Waals surface area (Å²) in [6, 6.07) is 0. The molecule has 0 atom stereocenters. The van der Waals surface area contributed by atoms with Crippen molar-refractivity contribution in [3.63, 3.8) is 0 Å². The zero-order valence-electron chi connectivity index (χ0n) is 13.3. The Balaban J connectivity index is 1.70. The molecule has 1 aliphatic carbocycles. The van der Waals surface area contributed by atoms with Gasteiger partial charge in [-0.05, 0) is 52.4 Å². The molecule has 0 aromatic rings. The van der Waals surface area contributed by atoms with E-state index in [9.17, 15) is 4.79 Å². The Morgan fingerprint density at radius 1 is 1.15 bits per heavy atom. The summed E-state index contributed by atoms with van der Waals surface area (Å²) >= 11 is 0. The van der Waals surface area contributed by atoms with Crippen LogP contribution in [0, 0.1) is 11.8 Å². The van der Waals surface area contributed by atoms with E-state index >= 15 is 0 Å². The van der Waals surface area contributed by atoms with E-state index in [1.807, 2.05) is 20.8 Å². The van der Waals surface area contributed by atoms with Crippen LogP contribution in [0.3, 0.4) is 0 Å². The molecule has 20 heavy (non-hydrogen) atoms. The molecule has 0 amide bonds. The average Bonchev–Trinajstić information content (AvgIpc) is 2.39. The van der Waals surface area contributed by atoms with Crippen LogP contribution >= 0.6 is 0 Å². The van der Waals surface area contributed by atoms with E-state index < -0.39 is 0 Å². The number of hydrogen-bond acceptors (Lipinski definition) is 4. The van der Waals surface area contributed by atoms with Gasteiger partial charge < -0.3 is 15.0 Å². The van der Waals surface area contributed by atoms with Gasteiger partial charge in [0.05, 0.1) is 5.92 Å². The third kappa shape index (κ3) is 5.06. The highest BCUT2D eigenvalue weighted by molar-refractivity contribution is 5.72. The molecule has 1 heterocycles. The standard InChI is InChI=1S/C16H30N2O2/c1-16(2,3)20-15(19)14-6-4-13(5-7-14)12-18-10-8-17-9-11-18/h13-14,17H,4-12H2,1-3H3. The Morgan fingerprint density at radius 2 is 1.75 bits per heavy atom. The summed E-state index contributed by atoms with van der Waals surface area (Å²) in [6.07, 6.45) is 4.36. The molecule has 0 unspecified atom stereocenters. The zero-order valence-corrected chi connectivity index (χ0v) is 13.3. The third-order valence-corrected chi connectivity index (χ3v) is 4.31. The summed E-state index contributed by atoms with van der Waals surface area (Å²) in [5, 5.41) is 3.39. The lowest BCUT2D eigenvalue weighted by molar-refractivity contribution is -0.161. The van der Waals surface area contributed by atoms with Gasteiger partial charge >= 0.3 is 5.97 Å². The minimum absolute atomic E-state index is 0.0122. The van der Waals surface area contributed by atoms with Crippen molar-refractivity contribution in [3.8, 4) is 0 Å². The van der Waals surface area contributed by atoms with Gasteiger partial charge in [0, 0.05) is 32.7 Å². The van der Waals surface area contributed by atoms with E-state index in [-0.39, 0.29) is 17.5 Å². The van der Waals surface area contributed by atoms with Crippen molar-refractivity contribution in [3.05, 3.63) is 0 Å². The molecule has 2 fully saturated rings. The first-order valence-corrected chi connectivity index (χ1v) is 8.10. The highest BCUT2D eigenvalue weighted by Gasteiger charge is 2.30. The maximum atomic E-state index is 12.1. The van der Waals surface area contributed by atoms with Gasteiger partial charge in [-0.2, -0.15) is 0 Å². The Bertz CT molecular complexity index is 311. The predicted octanol–water partition coefficient (Wildman–Crippen LogP) is 2.04. The largest absolute Gasteiger partial charge is 0.460 e. The van der Waals surface area contributed by atoms with E-state index in [0.29, 0.717) is 0 Å². The van der Waals surface area contributed by atoms with Crippen LogP contribution in [0.5, 0.6) is 0 Å². The lowest BCUT2D eigenvalue weighted by Gasteiger charge is -2.34. The van der Waals surface area contributed by atoms with Crippen molar-refractivity contribution in [2.24, 2.45) is 11.8 Å². The molecule has 0 radical (unpaired) electrons. The molecule has 0 spiro atoms. The number of hydrogen-bond donors (Lipinski definition) is 1. The van der Waals surface area contributed by atoms with Crippen LogP contribution in [-0.4, -0.2) is 49.2 Å². The number of ether oxygens (including phenoxy) is 1. The van der Waals surface area contributed by atoms with Gasteiger partial charge in [0.1, 0.15) is 5.60 Å². The molecule has 0 aromatic heterocycles. The summed E-state index contributed by atoms with van der Waals surface area (Å²) in [4.78, 5) is 14.6. The molecular formula is C16H30N2O2. The van der Waals surface area contributed by atoms with Gasteiger partial charge in [0.15, 0.2) is 0 Å². The highest BCUT2D eigenvalue weighted by Crippen LogP contribution is 2.31. The number of nitrogens with zero attached hydrogens (tertiary/aromatic N) is 1. The summed E-state index contributed by atoms with van der Waals surface area (Å²) in [5.74, 6) is 0.915. The molecule has 1 aliphatic heterocycles. The molecule has 1 saturated carbocycles. The van der Waals surface area contributed by atoms with Crippen molar-refractivity contribution in [2.45, 2.75) is 52.1 Å². The fraction of sp³-hybridized carbons (Fsp3) is 0.938. The Hall–Kier alpha value is -0.610. The molecular weight excluding hydrogens is 252 g/mol. The molecule has 0 aromatic carbocycles. The lowest BCUT2D eigenvalue weighted by atomic mass is 9.81. The highest BCUT2D eigenvalue weighted by atomic mass is 16.6. The quantitative estimate of drug-likeness (QED) is 0.804. The van der Waals surface area contributed by atoms with Gasteiger partial charge in [0.2, 0.25) is 0 Å². The van der Waals surface area contributed by atoms with Crippen LogP contribution in [0.1, 0.15) is 46.5 Å². The zero-order chi connectivity index (χ0) is 14.6. The summed E-state index contributed by atoms with van der Waals surface area (Å²) in [5.41, 5.74) is -0.352. The number of esters is 1. The van der Waals surface area contributed by atoms with Crippen molar-refractivity contribution in [1.82, 2.24) is 10.2 Å². The Morgan fingerprint density at radius 3 is 2.30 bits per heavy atom. The SMILES string of the molecule is CC(C)(C)OC(=O)C1CCC(CN2CCNCC2)CC1. The number of carbonyl (C=O) groups is 1. The predicted molar refractivity (Wildman–Crippen MR) is 80.6 cm³/mol. The molecule has 116 valence electrons. The summed E-state index contributed by atoms with van der Waals surface area (Å²) < 4.78 is 5.50. The number of nitrogens with one attached hydrogen (secondary N) is 1. The normalized spacial score (nSPS) is 29.1. The van der Waals surface area contributed by atoms with E-state index in [2.05, 4.69) is 10.2 Å².